The first-order valence-corrected chi connectivity index (χ1v) is 8.22. The van der Waals surface area contributed by atoms with Gasteiger partial charge in [0.2, 0.25) is 5.88 Å². The Hall–Kier alpha value is -3.07. The molecule has 0 aliphatic carbocycles. The van der Waals surface area contributed by atoms with Crippen molar-refractivity contribution in [1.29, 1.82) is 0 Å². The molecule has 26 heavy (non-hydrogen) atoms. The molecule has 3 N–H and O–H groups in total. The van der Waals surface area contributed by atoms with Crippen molar-refractivity contribution >= 4 is 44.3 Å². The Balaban J connectivity index is 1.68. The molecule has 0 aliphatic heterocycles. The Morgan fingerprint density at radius 1 is 1.23 bits per heavy atom. The Kier molecular flexibility index (Phi) is 5.08. The molecule has 0 spiro atoms. The first-order chi connectivity index (χ1) is 12.4. The molecule has 0 bridgehead atoms. The number of halogens is 2. The number of amides is 2. The van der Waals surface area contributed by atoms with Crippen molar-refractivity contribution in [2.75, 3.05) is 6.54 Å². The predicted molar refractivity (Wildman–Crippen MR) is 95.9 cm³/mol. The van der Waals surface area contributed by atoms with Crippen LogP contribution in [0.3, 0.4) is 0 Å². The average molecular weight is 419 g/mol. The SMILES string of the molecule is O=C(CNC(=O)c1cccc(F)c1)N=Nc1c(O)[nH]c2ccc(Br)cc12. The van der Waals surface area contributed by atoms with Crippen LogP contribution in [-0.2, 0) is 4.79 Å². The molecule has 0 saturated carbocycles. The van der Waals surface area contributed by atoms with Crippen molar-refractivity contribution in [3.8, 4) is 5.88 Å². The smallest absolute Gasteiger partial charge is 0.283 e. The van der Waals surface area contributed by atoms with E-state index in [0.29, 0.717) is 10.9 Å². The van der Waals surface area contributed by atoms with E-state index in [0.717, 1.165) is 10.5 Å². The van der Waals surface area contributed by atoms with E-state index >= 15 is 0 Å². The lowest BCUT2D eigenvalue weighted by molar-refractivity contribution is -0.117. The second-order valence-electron chi connectivity index (χ2n) is 5.30. The summed E-state index contributed by atoms with van der Waals surface area (Å²) in [6.07, 6.45) is 0. The number of nitrogens with one attached hydrogen (secondary N) is 2. The zero-order valence-corrected chi connectivity index (χ0v) is 14.7. The number of aromatic hydroxyl groups is 1. The van der Waals surface area contributed by atoms with Crippen LogP contribution in [0.25, 0.3) is 10.9 Å². The third-order valence-corrected chi connectivity index (χ3v) is 3.96. The van der Waals surface area contributed by atoms with Crippen LogP contribution in [0.1, 0.15) is 10.4 Å². The van der Waals surface area contributed by atoms with Crippen molar-refractivity contribution in [2.45, 2.75) is 0 Å². The Morgan fingerprint density at radius 3 is 2.81 bits per heavy atom. The molecule has 0 aliphatic rings. The maximum absolute atomic E-state index is 13.1. The van der Waals surface area contributed by atoms with Gasteiger partial charge < -0.3 is 15.4 Å². The summed E-state index contributed by atoms with van der Waals surface area (Å²) < 4.78 is 13.9. The van der Waals surface area contributed by atoms with Crippen LogP contribution in [0.5, 0.6) is 5.88 Å². The van der Waals surface area contributed by atoms with Crippen molar-refractivity contribution in [1.82, 2.24) is 10.3 Å². The minimum atomic E-state index is -0.724. The molecule has 3 aromatic rings. The van der Waals surface area contributed by atoms with Crippen LogP contribution in [0.2, 0.25) is 0 Å². The fourth-order valence-corrected chi connectivity index (χ4v) is 2.63. The van der Waals surface area contributed by atoms with Gasteiger partial charge in [0.25, 0.3) is 11.8 Å². The highest BCUT2D eigenvalue weighted by Gasteiger charge is 2.12. The monoisotopic (exact) mass is 418 g/mol. The summed E-state index contributed by atoms with van der Waals surface area (Å²) in [5.41, 5.74) is 0.839. The Bertz CT molecular complexity index is 1030. The minimum Gasteiger partial charge on any atom is -0.493 e. The van der Waals surface area contributed by atoms with E-state index < -0.39 is 24.2 Å². The Morgan fingerprint density at radius 2 is 2.04 bits per heavy atom. The lowest BCUT2D eigenvalue weighted by atomic mass is 10.2. The van der Waals surface area contributed by atoms with E-state index in [1.54, 1.807) is 18.2 Å². The van der Waals surface area contributed by atoms with Gasteiger partial charge in [-0.15, -0.1) is 10.2 Å². The summed E-state index contributed by atoms with van der Waals surface area (Å²) in [7, 11) is 0. The molecule has 0 radical (unpaired) electrons. The fourth-order valence-electron chi connectivity index (χ4n) is 2.27. The number of hydrogen-bond donors (Lipinski definition) is 3. The topological polar surface area (TPSA) is 107 Å². The summed E-state index contributed by atoms with van der Waals surface area (Å²) >= 11 is 3.31. The second kappa shape index (κ2) is 7.44. The van der Waals surface area contributed by atoms with Gasteiger partial charge in [-0.05, 0) is 36.4 Å². The first-order valence-electron chi connectivity index (χ1n) is 7.42. The van der Waals surface area contributed by atoms with Gasteiger partial charge in [-0.2, -0.15) is 0 Å². The molecule has 2 amide bonds. The molecule has 9 heteroatoms. The molecule has 3 rings (SSSR count). The molecule has 132 valence electrons. The quantitative estimate of drug-likeness (QED) is 0.560. The highest BCUT2D eigenvalue weighted by atomic mass is 79.9. The van der Waals surface area contributed by atoms with Crippen molar-refractivity contribution in [2.24, 2.45) is 10.2 Å². The molecule has 0 atom stereocenters. The van der Waals surface area contributed by atoms with Gasteiger partial charge in [0.1, 0.15) is 12.4 Å². The highest BCUT2D eigenvalue weighted by molar-refractivity contribution is 9.10. The van der Waals surface area contributed by atoms with Crippen LogP contribution in [0.4, 0.5) is 10.1 Å². The number of hydrogen-bond acceptors (Lipinski definition) is 4. The van der Waals surface area contributed by atoms with Crippen LogP contribution in [0.15, 0.2) is 57.2 Å². The van der Waals surface area contributed by atoms with Crippen molar-refractivity contribution in [3.05, 3.63) is 58.3 Å². The number of benzene rings is 2. The molecular formula is C17H12BrFN4O3. The number of carbonyl (C=O) groups is 2. The third-order valence-electron chi connectivity index (χ3n) is 3.46. The van der Waals surface area contributed by atoms with Gasteiger partial charge in [-0.1, -0.05) is 22.0 Å². The number of H-pyrrole nitrogens is 1. The summed E-state index contributed by atoms with van der Waals surface area (Å²) in [5, 5.41) is 20.1. The van der Waals surface area contributed by atoms with Gasteiger partial charge >= 0.3 is 0 Å². The van der Waals surface area contributed by atoms with Gasteiger partial charge in [0.05, 0.1) is 5.52 Å². The van der Waals surface area contributed by atoms with E-state index in [2.05, 4.69) is 36.5 Å². The standard InChI is InChI=1S/C17H12BrFN4O3/c18-10-4-5-13-12(7-10)15(17(26)21-13)23-22-14(24)8-20-16(25)9-2-1-3-11(19)6-9/h1-7,21,26H,8H2,(H,20,25). The average Bonchev–Trinajstić information content (AvgIpc) is 2.92. The number of rotatable bonds is 4. The first kappa shape index (κ1) is 17.7. The van der Waals surface area contributed by atoms with Crippen LogP contribution >= 0.6 is 15.9 Å². The molecular weight excluding hydrogens is 407 g/mol. The summed E-state index contributed by atoms with van der Waals surface area (Å²) in [6, 6.07) is 10.3. The number of carbonyl (C=O) groups excluding carboxylic acids is 2. The van der Waals surface area contributed by atoms with Crippen LogP contribution < -0.4 is 5.32 Å². The maximum Gasteiger partial charge on any atom is 0.283 e. The summed E-state index contributed by atoms with van der Waals surface area (Å²) in [4.78, 5) is 26.4. The second-order valence-corrected chi connectivity index (χ2v) is 6.21. The largest absolute Gasteiger partial charge is 0.493 e. The minimum absolute atomic E-state index is 0.0915. The maximum atomic E-state index is 13.1. The van der Waals surface area contributed by atoms with Gasteiger partial charge in [-0.25, -0.2) is 4.39 Å². The number of fused-ring (bicyclic) bond motifs is 1. The number of aromatic amines is 1. The van der Waals surface area contributed by atoms with Gasteiger partial charge in [0.15, 0.2) is 5.69 Å². The van der Waals surface area contributed by atoms with Gasteiger partial charge in [-0.3, -0.25) is 9.59 Å². The fraction of sp³-hybridized carbons (Fsp3) is 0.0588. The van der Waals surface area contributed by atoms with Gasteiger partial charge in [0, 0.05) is 15.4 Å². The zero-order valence-electron chi connectivity index (χ0n) is 13.2. The van der Waals surface area contributed by atoms with E-state index in [-0.39, 0.29) is 17.1 Å². The van der Waals surface area contributed by atoms with Crippen LogP contribution in [0, 0.1) is 5.82 Å². The molecule has 7 nitrogen and oxygen atoms in total. The van der Waals surface area contributed by atoms with E-state index in [1.807, 2.05) is 0 Å². The molecule has 0 unspecified atom stereocenters. The van der Waals surface area contributed by atoms with Crippen molar-refractivity contribution < 1.29 is 19.1 Å². The number of azo groups is 1. The van der Waals surface area contributed by atoms with Crippen molar-refractivity contribution in [3.63, 3.8) is 0 Å². The highest BCUT2D eigenvalue weighted by Crippen LogP contribution is 2.36. The molecule has 0 saturated heterocycles. The molecule has 0 fully saturated rings. The predicted octanol–water partition coefficient (Wildman–Crippen LogP) is 3.82. The molecule has 1 aromatic heterocycles. The Labute approximate surface area is 155 Å². The zero-order chi connectivity index (χ0) is 18.7. The van der Waals surface area contributed by atoms with E-state index in [1.165, 1.54) is 18.2 Å². The van der Waals surface area contributed by atoms with E-state index in [4.69, 9.17) is 0 Å². The lowest BCUT2D eigenvalue weighted by Crippen LogP contribution is -2.28. The number of nitrogens with zero attached hydrogens (tertiary/aromatic N) is 2. The summed E-state index contributed by atoms with van der Waals surface area (Å²) in [6.45, 7) is -0.411. The lowest BCUT2D eigenvalue weighted by Gasteiger charge is -2.02. The molecule has 1 heterocycles. The van der Waals surface area contributed by atoms with E-state index in [9.17, 15) is 19.1 Å². The number of aromatic nitrogens is 1. The summed E-state index contributed by atoms with van der Waals surface area (Å²) in [5.74, 6) is -2.10. The normalized spacial score (nSPS) is 11.2. The molecule has 2 aromatic carbocycles. The third kappa shape index (κ3) is 3.94. The van der Waals surface area contributed by atoms with Crippen LogP contribution in [-0.4, -0.2) is 28.4 Å².